The lowest BCUT2D eigenvalue weighted by atomic mass is 9.84. The number of rotatable bonds is 4. The predicted octanol–water partition coefficient (Wildman–Crippen LogP) is 4.77. The smallest absolute Gasteiger partial charge is 0.207 e. The van der Waals surface area contributed by atoms with Gasteiger partial charge in [-0.25, -0.2) is 4.98 Å². The molecule has 1 unspecified atom stereocenters. The van der Waals surface area contributed by atoms with Crippen molar-refractivity contribution in [3.63, 3.8) is 0 Å². The first kappa shape index (κ1) is 13.2. The van der Waals surface area contributed by atoms with Crippen molar-refractivity contribution in [3.8, 4) is 0 Å². The highest BCUT2D eigenvalue weighted by Crippen LogP contribution is 2.34. The molecule has 1 aromatic carbocycles. The van der Waals surface area contributed by atoms with Crippen LogP contribution in [0.1, 0.15) is 45.1 Å². The Labute approximate surface area is 121 Å². The van der Waals surface area contributed by atoms with E-state index < -0.39 is 0 Å². The Hall–Kier alpha value is -1.77. The number of aromatic nitrogens is 2. The molecule has 1 saturated carbocycles. The number of anilines is 2. The van der Waals surface area contributed by atoms with Gasteiger partial charge in [-0.05, 0) is 37.8 Å². The zero-order valence-corrected chi connectivity index (χ0v) is 12.1. The van der Waals surface area contributed by atoms with Crippen LogP contribution in [0, 0.1) is 5.92 Å². The van der Waals surface area contributed by atoms with Gasteiger partial charge in [0.2, 0.25) is 5.95 Å². The van der Waals surface area contributed by atoms with Crippen molar-refractivity contribution in [2.75, 3.05) is 5.32 Å². The summed E-state index contributed by atoms with van der Waals surface area (Å²) in [5.74, 6) is 1.74. The number of benzene rings is 1. The fraction of sp³-hybridized carbons (Fsp3) is 0.471. The van der Waals surface area contributed by atoms with E-state index >= 15 is 0 Å². The molecule has 0 aliphatic heterocycles. The first-order valence-corrected chi connectivity index (χ1v) is 7.69. The molecule has 1 heterocycles. The van der Waals surface area contributed by atoms with Crippen molar-refractivity contribution in [2.24, 2.45) is 5.92 Å². The molecule has 1 aromatic heterocycles. The molecule has 2 aromatic rings. The third-order valence-corrected chi connectivity index (χ3v) is 4.47. The second kappa shape index (κ2) is 6.12. The molecule has 1 atom stereocenters. The first-order chi connectivity index (χ1) is 9.84. The molecular formula is C17H23N3. The van der Waals surface area contributed by atoms with Crippen molar-refractivity contribution in [1.82, 2.24) is 9.55 Å². The lowest BCUT2D eigenvalue weighted by Gasteiger charge is -2.29. The normalized spacial score (nSPS) is 17.9. The Bertz CT molecular complexity index is 526. The fourth-order valence-corrected chi connectivity index (χ4v) is 3.23. The molecule has 0 saturated heterocycles. The molecule has 0 amide bonds. The highest BCUT2D eigenvalue weighted by molar-refractivity contribution is 5.53. The predicted molar refractivity (Wildman–Crippen MR) is 83.2 cm³/mol. The minimum absolute atomic E-state index is 0.518. The summed E-state index contributed by atoms with van der Waals surface area (Å²) in [6.07, 6.45) is 10.9. The molecule has 3 rings (SSSR count). The van der Waals surface area contributed by atoms with Crippen LogP contribution in [-0.2, 0) is 0 Å². The zero-order chi connectivity index (χ0) is 13.8. The SMILES string of the molecule is CC(C1CCCCC1)n1ccnc1Nc1ccccc1. The monoisotopic (exact) mass is 269 g/mol. The Balaban J connectivity index is 1.75. The summed E-state index contributed by atoms with van der Waals surface area (Å²) in [7, 11) is 0. The molecule has 0 bridgehead atoms. The van der Waals surface area contributed by atoms with Crippen molar-refractivity contribution < 1.29 is 0 Å². The Kier molecular flexibility index (Phi) is 4.05. The quantitative estimate of drug-likeness (QED) is 0.866. The van der Waals surface area contributed by atoms with E-state index in [0.717, 1.165) is 17.6 Å². The lowest BCUT2D eigenvalue weighted by Crippen LogP contribution is -2.20. The van der Waals surface area contributed by atoms with Crippen LogP contribution in [0.4, 0.5) is 11.6 Å². The van der Waals surface area contributed by atoms with E-state index in [0.29, 0.717) is 6.04 Å². The number of hydrogen-bond acceptors (Lipinski definition) is 2. The van der Waals surface area contributed by atoms with Crippen LogP contribution >= 0.6 is 0 Å². The summed E-state index contributed by atoms with van der Waals surface area (Å²) in [5.41, 5.74) is 1.09. The molecule has 106 valence electrons. The van der Waals surface area contributed by atoms with Crippen molar-refractivity contribution in [3.05, 3.63) is 42.7 Å². The van der Waals surface area contributed by atoms with Crippen LogP contribution in [-0.4, -0.2) is 9.55 Å². The van der Waals surface area contributed by atoms with E-state index in [-0.39, 0.29) is 0 Å². The average Bonchev–Trinajstić information content (AvgIpc) is 2.96. The number of para-hydroxylation sites is 1. The van der Waals surface area contributed by atoms with Crippen molar-refractivity contribution >= 4 is 11.6 Å². The Morgan fingerprint density at radius 2 is 1.90 bits per heavy atom. The summed E-state index contributed by atoms with van der Waals surface area (Å²) in [6, 6.07) is 10.8. The molecule has 1 aliphatic carbocycles. The van der Waals surface area contributed by atoms with Gasteiger partial charge in [0, 0.05) is 24.1 Å². The second-order valence-electron chi connectivity index (χ2n) is 5.79. The van der Waals surface area contributed by atoms with Gasteiger partial charge in [0.15, 0.2) is 0 Å². The Morgan fingerprint density at radius 1 is 1.15 bits per heavy atom. The van der Waals surface area contributed by atoms with Gasteiger partial charge < -0.3 is 9.88 Å². The van der Waals surface area contributed by atoms with E-state index in [4.69, 9.17) is 0 Å². The zero-order valence-electron chi connectivity index (χ0n) is 12.1. The van der Waals surface area contributed by atoms with Gasteiger partial charge in [-0.1, -0.05) is 37.5 Å². The molecule has 1 fully saturated rings. The maximum atomic E-state index is 4.48. The van der Waals surface area contributed by atoms with E-state index in [1.54, 1.807) is 0 Å². The molecule has 3 heteroatoms. The standard InChI is InChI=1S/C17H23N3/c1-14(15-8-4-2-5-9-15)20-13-12-18-17(20)19-16-10-6-3-7-11-16/h3,6-7,10-15H,2,4-5,8-9H2,1H3,(H,18,19). The summed E-state index contributed by atoms with van der Waals surface area (Å²) in [6.45, 7) is 2.33. The van der Waals surface area contributed by atoms with Crippen molar-refractivity contribution in [2.45, 2.75) is 45.1 Å². The number of nitrogens with one attached hydrogen (secondary N) is 1. The summed E-state index contributed by atoms with van der Waals surface area (Å²) in [5, 5.41) is 3.42. The van der Waals surface area contributed by atoms with E-state index in [1.807, 2.05) is 24.4 Å². The van der Waals surface area contributed by atoms with Crippen LogP contribution in [0.5, 0.6) is 0 Å². The number of imidazole rings is 1. The third kappa shape index (κ3) is 2.87. The fourth-order valence-electron chi connectivity index (χ4n) is 3.23. The highest BCUT2D eigenvalue weighted by atomic mass is 15.2. The molecule has 20 heavy (non-hydrogen) atoms. The minimum atomic E-state index is 0.518. The van der Waals surface area contributed by atoms with Gasteiger partial charge in [0.1, 0.15) is 0 Å². The topological polar surface area (TPSA) is 29.9 Å². The van der Waals surface area contributed by atoms with Crippen LogP contribution in [0.15, 0.2) is 42.7 Å². The van der Waals surface area contributed by atoms with E-state index in [2.05, 4.69) is 40.1 Å². The lowest BCUT2D eigenvalue weighted by molar-refractivity contribution is 0.266. The first-order valence-electron chi connectivity index (χ1n) is 7.69. The van der Waals surface area contributed by atoms with Crippen LogP contribution in [0.3, 0.4) is 0 Å². The summed E-state index contributed by atoms with van der Waals surface area (Å²) in [4.78, 5) is 4.48. The van der Waals surface area contributed by atoms with Crippen LogP contribution in [0.2, 0.25) is 0 Å². The van der Waals surface area contributed by atoms with Gasteiger partial charge >= 0.3 is 0 Å². The summed E-state index contributed by atoms with van der Waals surface area (Å²) >= 11 is 0. The van der Waals surface area contributed by atoms with Gasteiger partial charge in [-0.15, -0.1) is 0 Å². The highest BCUT2D eigenvalue weighted by Gasteiger charge is 2.22. The van der Waals surface area contributed by atoms with Gasteiger partial charge in [-0.3, -0.25) is 0 Å². The molecule has 0 spiro atoms. The van der Waals surface area contributed by atoms with Gasteiger partial charge in [0.05, 0.1) is 0 Å². The molecule has 1 aliphatic rings. The molecular weight excluding hydrogens is 246 g/mol. The summed E-state index contributed by atoms with van der Waals surface area (Å²) < 4.78 is 2.29. The number of hydrogen-bond donors (Lipinski definition) is 1. The van der Waals surface area contributed by atoms with Crippen LogP contribution in [0.25, 0.3) is 0 Å². The minimum Gasteiger partial charge on any atom is -0.326 e. The second-order valence-corrected chi connectivity index (χ2v) is 5.79. The maximum absolute atomic E-state index is 4.48. The van der Waals surface area contributed by atoms with Gasteiger partial charge in [-0.2, -0.15) is 0 Å². The van der Waals surface area contributed by atoms with Gasteiger partial charge in [0.25, 0.3) is 0 Å². The number of nitrogens with zero attached hydrogens (tertiary/aromatic N) is 2. The maximum Gasteiger partial charge on any atom is 0.207 e. The Morgan fingerprint density at radius 3 is 2.65 bits per heavy atom. The largest absolute Gasteiger partial charge is 0.326 e. The average molecular weight is 269 g/mol. The molecule has 3 nitrogen and oxygen atoms in total. The third-order valence-electron chi connectivity index (χ3n) is 4.47. The molecule has 0 radical (unpaired) electrons. The van der Waals surface area contributed by atoms with Crippen LogP contribution < -0.4 is 5.32 Å². The van der Waals surface area contributed by atoms with Crippen molar-refractivity contribution in [1.29, 1.82) is 0 Å². The molecule has 1 N–H and O–H groups in total. The van der Waals surface area contributed by atoms with E-state index in [9.17, 15) is 0 Å². The van der Waals surface area contributed by atoms with E-state index in [1.165, 1.54) is 32.1 Å².